The summed E-state index contributed by atoms with van der Waals surface area (Å²) in [7, 11) is 0. The molecule has 0 aliphatic carbocycles. The molecule has 0 spiro atoms. The number of rotatable bonds is 1. The predicted octanol–water partition coefficient (Wildman–Crippen LogP) is 0.601. The molecule has 1 aliphatic heterocycles. The van der Waals surface area contributed by atoms with Gasteiger partial charge in [-0.2, -0.15) is 0 Å². The average Bonchev–Trinajstić information content (AvgIpc) is 2.05. The number of morpholine rings is 1. The lowest BCUT2D eigenvalue weighted by atomic mass is 10.3. The summed E-state index contributed by atoms with van der Waals surface area (Å²) in [5.74, 6) is 0. The molecule has 1 rings (SSSR count). The quantitative estimate of drug-likeness (QED) is 0.609. The number of hydrogen-bond acceptors (Lipinski definition) is 2. The minimum absolute atomic E-state index is 0.301. The molecule has 1 N–H and O–H groups in total. The van der Waals surface area contributed by atoms with Crippen molar-refractivity contribution in [3.63, 3.8) is 0 Å². The smallest absolute Gasteiger partial charge is 0.169 e. The fraction of sp³-hybridized carbons (Fsp3) is 0.875. The lowest BCUT2D eigenvalue weighted by Gasteiger charge is -2.33. The summed E-state index contributed by atoms with van der Waals surface area (Å²) in [4.78, 5) is 2.16. The van der Waals surface area contributed by atoms with Gasteiger partial charge in [-0.1, -0.05) is 0 Å². The summed E-state index contributed by atoms with van der Waals surface area (Å²) >= 11 is 5.19. The Morgan fingerprint density at radius 2 is 2.50 bits per heavy atom. The van der Waals surface area contributed by atoms with E-state index < -0.39 is 0 Å². The van der Waals surface area contributed by atoms with Gasteiger partial charge in [-0.15, -0.1) is 0 Å². The lowest BCUT2D eigenvalue weighted by molar-refractivity contribution is 0.00559. The van der Waals surface area contributed by atoms with E-state index in [4.69, 9.17) is 17.0 Å². The number of ether oxygens (including phenoxy) is 1. The summed E-state index contributed by atoms with van der Waals surface area (Å²) in [6.45, 7) is 7.62. The molecule has 1 aliphatic rings. The van der Waals surface area contributed by atoms with Crippen molar-refractivity contribution in [2.24, 2.45) is 0 Å². The molecular weight excluding hydrogens is 172 g/mol. The van der Waals surface area contributed by atoms with Gasteiger partial charge in [-0.25, -0.2) is 0 Å². The molecule has 70 valence electrons. The van der Waals surface area contributed by atoms with Crippen LogP contribution in [0.15, 0.2) is 0 Å². The molecule has 4 heteroatoms. The maximum Gasteiger partial charge on any atom is 0.169 e. The third-order valence-electron chi connectivity index (χ3n) is 1.86. The minimum atomic E-state index is 0.301. The molecule has 1 fully saturated rings. The summed E-state index contributed by atoms with van der Waals surface area (Å²) < 4.78 is 5.41. The first-order chi connectivity index (χ1) is 5.74. The molecule has 0 aromatic heterocycles. The van der Waals surface area contributed by atoms with Gasteiger partial charge in [0, 0.05) is 19.6 Å². The minimum Gasteiger partial charge on any atom is -0.375 e. The molecular formula is C8H16N2OS. The number of nitrogens with one attached hydrogen (secondary N) is 1. The van der Waals surface area contributed by atoms with E-state index in [0.717, 1.165) is 31.4 Å². The average molecular weight is 188 g/mol. The standard InChI is InChI=1S/C8H16N2OS/c1-3-9-8(12)10-4-5-11-7(2)6-10/h7H,3-6H2,1-2H3,(H,9,12). The number of thiocarbonyl (C=S) groups is 1. The van der Waals surface area contributed by atoms with Crippen LogP contribution in [-0.2, 0) is 4.74 Å². The van der Waals surface area contributed by atoms with Crippen LogP contribution in [0.25, 0.3) is 0 Å². The van der Waals surface area contributed by atoms with Crippen molar-refractivity contribution in [2.75, 3.05) is 26.2 Å². The van der Waals surface area contributed by atoms with Gasteiger partial charge in [-0.05, 0) is 26.1 Å². The van der Waals surface area contributed by atoms with Crippen LogP contribution in [-0.4, -0.2) is 42.4 Å². The van der Waals surface area contributed by atoms with E-state index in [-0.39, 0.29) is 0 Å². The monoisotopic (exact) mass is 188 g/mol. The van der Waals surface area contributed by atoms with Crippen molar-refractivity contribution in [2.45, 2.75) is 20.0 Å². The van der Waals surface area contributed by atoms with E-state index in [1.54, 1.807) is 0 Å². The van der Waals surface area contributed by atoms with Crippen LogP contribution < -0.4 is 5.32 Å². The van der Waals surface area contributed by atoms with E-state index in [9.17, 15) is 0 Å². The number of nitrogens with zero attached hydrogens (tertiary/aromatic N) is 1. The van der Waals surface area contributed by atoms with Crippen molar-refractivity contribution < 1.29 is 4.74 Å². The van der Waals surface area contributed by atoms with Gasteiger partial charge in [0.05, 0.1) is 12.7 Å². The summed E-state index contributed by atoms with van der Waals surface area (Å²) in [5.41, 5.74) is 0. The SMILES string of the molecule is CCNC(=S)N1CCOC(C)C1. The fourth-order valence-corrected chi connectivity index (χ4v) is 1.58. The normalized spacial score (nSPS) is 23.8. The van der Waals surface area contributed by atoms with Crippen LogP contribution in [0.3, 0.4) is 0 Å². The highest BCUT2D eigenvalue weighted by Gasteiger charge is 2.17. The summed E-state index contributed by atoms with van der Waals surface area (Å²) in [5, 5.41) is 3.99. The second-order valence-corrected chi connectivity index (χ2v) is 3.35. The molecule has 0 bridgehead atoms. The van der Waals surface area contributed by atoms with E-state index >= 15 is 0 Å². The Kier molecular flexibility index (Phi) is 3.75. The van der Waals surface area contributed by atoms with Crippen molar-refractivity contribution in [3.05, 3.63) is 0 Å². The van der Waals surface area contributed by atoms with E-state index in [1.807, 2.05) is 0 Å². The van der Waals surface area contributed by atoms with Gasteiger partial charge in [0.15, 0.2) is 5.11 Å². The van der Waals surface area contributed by atoms with Crippen molar-refractivity contribution >= 4 is 17.3 Å². The molecule has 0 amide bonds. The summed E-state index contributed by atoms with van der Waals surface area (Å²) in [6, 6.07) is 0. The topological polar surface area (TPSA) is 24.5 Å². The van der Waals surface area contributed by atoms with Gasteiger partial charge in [-0.3, -0.25) is 0 Å². The maximum atomic E-state index is 5.41. The molecule has 1 heterocycles. The van der Waals surface area contributed by atoms with E-state index in [0.29, 0.717) is 6.10 Å². The highest BCUT2D eigenvalue weighted by atomic mass is 32.1. The zero-order chi connectivity index (χ0) is 8.97. The first-order valence-corrected chi connectivity index (χ1v) is 4.79. The predicted molar refractivity (Wildman–Crippen MR) is 53.3 cm³/mol. The third-order valence-corrected chi connectivity index (χ3v) is 2.26. The fourth-order valence-electron chi connectivity index (χ4n) is 1.27. The Bertz CT molecular complexity index is 163. The first kappa shape index (κ1) is 9.74. The second-order valence-electron chi connectivity index (χ2n) is 2.96. The van der Waals surface area contributed by atoms with Gasteiger partial charge >= 0.3 is 0 Å². The second kappa shape index (κ2) is 4.62. The Morgan fingerprint density at radius 3 is 3.08 bits per heavy atom. The van der Waals surface area contributed by atoms with Crippen LogP contribution in [0.5, 0.6) is 0 Å². The Hall–Kier alpha value is -0.350. The molecule has 0 aromatic carbocycles. The Balaban J connectivity index is 2.35. The molecule has 0 aromatic rings. The van der Waals surface area contributed by atoms with Crippen LogP contribution in [0, 0.1) is 0 Å². The molecule has 1 unspecified atom stereocenters. The molecule has 3 nitrogen and oxygen atoms in total. The third kappa shape index (κ3) is 2.60. The Morgan fingerprint density at radius 1 is 1.75 bits per heavy atom. The molecule has 12 heavy (non-hydrogen) atoms. The van der Waals surface area contributed by atoms with E-state index in [1.165, 1.54) is 0 Å². The van der Waals surface area contributed by atoms with E-state index in [2.05, 4.69) is 24.1 Å². The number of hydrogen-bond donors (Lipinski definition) is 1. The van der Waals surface area contributed by atoms with Crippen LogP contribution in [0.2, 0.25) is 0 Å². The molecule has 1 saturated heterocycles. The summed E-state index contributed by atoms with van der Waals surface area (Å²) in [6.07, 6.45) is 0.301. The first-order valence-electron chi connectivity index (χ1n) is 4.38. The van der Waals surface area contributed by atoms with Gasteiger partial charge in [0.25, 0.3) is 0 Å². The van der Waals surface area contributed by atoms with Gasteiger partial charge in [0.2, 0.25) is 0 Å². The molecule has 0 radical (unpaired) electrons. The zero-order valence-electron chi connectivity index (χ0n) is 7.67. The van der Waals surface area contributed by atoms with Gasteiger partial charge in [0.1, 0.15) is 0 Å². The maximum absolute atomic E-state index is 5.41. The highest BCUT2D eigenvalue weighted by Crippen LogP contribution is 2.03. The highest BCUT2D eigenvalue weighted by molar-refractivity contribution is 7.80. The largest absolute Gasteiger partial charge is 0.375 e. The Labute approximate surface area is 79.1 Å². The van der Waals surface area contributed by atoms with Gasteiger partial charge < -0.3 is 15.0 Å². The zero-order valence-corrected chi connectivity index (χ0v) is 8.49. The van der Waals surface area contributed by atoms with Crippen LogP contribution in [0.1, 0.15) is 13.8 Å². The van der Waals surface area contributed by atoms with Crippen LogP contribution >= 0.6 is 12.2 Å². The van der Waals surface area contributed by atoms with Crippen molar-refractivity contribution in [3.8, 4) is 0 Å². The lowest BCUT2D eigenvalue weighted by Crippen LogP contribution is -2.48. The van der Waals surface area contributed by atoms with Crippen molar-refractivity contribution in [1.29, 1.82) is 0 Å². The van der Waals surface area contributed by atoms with Crippen LogP contribution in [0.4, 0.5) is 0 Å². The molecule has 1 atom stereocenters. The molecule has 0 saturated carbocycles. The van der Waals surface area contributed by atoms with Crippen molar-refractivity contribution in [1.82, 2.24) is 10.2 Å².